The van der Waals surface area contributed by atoms with Crippen molar-refractivity contribution in [2.24, 2.45) is 0 Å². The number of carbonyl (C=O) groups is 1. The normalized spacial score (nSPS) is 9.59. The van der Waals surface area contributed by atoms with Gasteiger partial charge in [-0.1, -0.05) is 45.4 Å². The Morgan fingerprint density at radius 1 is 1.18 bits per heavy atom. The molecule has 0 aliphatic rings. The zero-order chi connectivity index (χ0) is 12.2. The molecule has 0 aromatic rings. The summed E-state index contributed by atoms with van der Waals surface area (Å²) >= 11 is 0. The summed E-state index contributed by atoms with van der Waals surface area (Å²) in [5.74, 6) is -0.623. The van der Waals surface area contributed by atoms with Crippen LogP contribution in [0.4, 0.5) is 0 Å². The van der Waals surface area contributed by atoms with Crippen molar-refractivity contribution < 1.29 is 54.1 Å². The molecular weight excluding hydrogens is 234 g/mol. The van der Waals surface area contributed by atoms with E-state index < -0.39 is 13.3 Å². The van der Waals surface area contributed by atoms with Crippen molar-refractivity contribution >= 4 is 13.3 Å². The molecule has 0 heterocycles. The van der Waals surface area contributed by atoms with E-state index in [0.29, 0.717) is 6.42 Å². The Balaban J connectivity index is 0. The van der Waals surface area contributed by atoms with Crippen LogP contribution in [0, 0.1) is 0 Å². The molecule has 0 aromatic carbocycles. The van der Waals surface area contributed by atoms with Crippen LogP contribution in [0.3, 0.4) is 0 Å². The van der Waals surface area contributed by atoms with E-state index in [0.717, 1.165) is 12.8 Å². The van der Waals surface area contributed by atoms with E-state index >= 15 is 0 Å². The maximum Gasteiger partial charge on any atom is 1.00 e. The Labute approximate surface area is 125 Å². The molecule has 1 N–H and O–H groups in total. The monoisotopic (exact) mass is 254 g/mol. The van der Waals surface area contributed by atoms with Gasteiger partial charge in [0.05, 0.1) is 0 Å². The third-order valence-corrected chi connectivity index (χ3v) is 2.30. The van der Waals surface area contributed by atoms with Crippen LogP contribution < -0.4 is 34.6 Å². The molecule has 7 heteroatoms. The first-order valence-electron chi connectivity index (χ1n) is 5.86. The topological polar surface area (TPSA) is 78.8 Å². The largest absolute Gasteiger partial charge is 1.00 e. The first-order chi connectivity index (χ1) is 7.70. The molecule has 0 atom stereocenters. The van der Waals surface area contributed by atoms with E-state index in [4.69, 9.17) is 5.26 Å². The molecule has 5 nitrogen and oxygen atoms in total. The van der Waals surface area contributed by atoms with Gasteiger partial charge in [-0.15, -0.1) is 0 Å². The number of hydrogen-bond donors (Lipinski definition) is 1. The summed E-state index contributed by atoms with van der Waals surface area (Å²) in [6, 6.07) is 0. The summed E-state index contributed by atoms with van der Waals surface area (Å²) in [7, 11) is -2.11. The minimum atomic E-state index is -2.11. The second kappa shape index (κ2) is 14.5. The van der Waals surface area contributed by atoms with E-state index in [-0.39, 0.29) is 36.0 Å². The minimum absolute atomic E-state index is 0. The fraction of sp³-hybridized carbons (Fsp3) is 0.900. The van der Waals surface area contributed by atoms with Gasteiger partial charge < -0.3 is 9.68 Å². The van der Waals surface area contributed by atoms with Gasteiger partial charge in [-0.2, -0.15) is 0 Å². The van der Waals surface area contributed by atoms with Crippen LogP contribution >= 0.6 is 0 Å². The van der Waals surface area contributed by atoms with Gasteiger partial charge in [0.25, 0.3) is 5.97 Å². The molecule has 0 aliphatic heterocycles. The quantitative estimate of drug-likeness (QED) is 0.222. The zero-order valence-electron chi connectivity index (χ0n) is 10.8. The third kappa shape index (κ3) is 14.4. The van der Waals surface area contributed by atoms with Gasteiger partial charge in [0.15, 0.2) is 0 Å². The van der Waals surface area contributed by atoms with E-state index in [1.54, 1.807) is 0 Å². The molecule has 0 bridgehead atoms. The van der Waals surface area contributed by atoms with E-state index in [2.05, 4.69) is 16.4 Å². The smallest absolute Gasteiger partial charge is 0.818 e. The van der Waals surface area contributed by atoms with Gasteiger partial charge in [0.2, 0.25) is 0 Å². The SMILES string of the molecule is CCCCCCCCCC(=O)OB([O-])OO.[Na+]. The Morgan fingerprint density at radius 3 is 2.24 bits per heavy atom. The number of unbranched alkanes of at least 4 members (excludes halogenated alkanes) is 6. The van der Waals surface area contributed by atoms with Crippen molar-refractivity contribution in [3.63, 3.8) is 0 Å². The van der Waals surface area contributed by atoms with Gasteiger partial charge in [-0.05, 0) is 6.42 Å². The van der Waals surface area contributed by atoms with E-state index in [9.17, 15) is 9.82 Å². The summed E-state index contributed by atoms with van der Waals surface area (Å²) in [5, 5.41) is 18.3. The second-order valence-corrected chi connectivity index (χ2v) is 3.76. The van der Waals surface area contributed by atoms with Crippen LogP contribution in [0.5, 0.6) is 0 Å². The molecule has 0 fully saturated rings. The van der Waals surface area contributed by atoms with Crippen molar-refractivity contribution in [3.05, 3.63) is 0 Å². The fourth-order valence-corrected chi connectivity index (χ4v) is 1.41. The summed E-state index contributed by atoms with van der Waals surface area (Å²) in [5.41, 5.74) is 0. The van der Waals surface area contributed by atoms with Gasteiger partial charge in [-0.3, -0.25) is 14.9 Å². The van der Waals surface area contributed by atoms with Gasteiger partial charge in [0, 0.05) is 6.42 Å². The molecule has 0 rings (SSSR count). The zero-order valence-corrected chi connectivity index (χ0v) is 12.8. The minimum Gasteiger partial charge on any atom is -0.818 e. The maximum atomic E-state index is 10.9. The Hall–Kier alpha value is 0.415. The average molecular weight is 254 g/mol. The number of carbonyl (C=O) groups excluding carboxylic acids is 1. The molecule has 0 radical (unpaired) electrons. The van der Waals surface area contributed by atoms with Crippen LogP contribution in [0.25, 0.3) is 0 Å². The van der Waals surface area contributed by atoms with Crippen molar-refractivity contribution in [2.45, 2.75) is 58.3 Å². The summed E-state index contributed by atoms with van der Waals surface area (Å²) in [4.78, 5) is 14.2. The van der Waals surface area contributed by atoms with E-state index in [1.807, 2.05) is 0 Å². The summed E-state index contributed by atoms with van der Waals surface area (Å²) in [6.45, 7) is 2.17. The van der Waals surface area contributed by atoms with Gasteiger partial charge >= 0.3 is 36.9 Å². The fourth-order valence-electron chi connectivity index (χ4n) is 1.41. The van der Waals surface area contributed by atoms with Crippen molar-refractivity contribution in [1.29, 1.82) is 0 Å². The first kappa shape index (κ1) is 19.7. The van der Waals surface area contributed by atoms with Crippen LogP contribution in [0.15, 0.2) is 0 Å². The van der Waals surface area contributed by atoms with Crippen molar-refractivity contribution in [2.75, 3.05) is 0 Å². The standard InChI is InChI=1S/C10H20BO5.Na/c1-2-3-4-5-6-7-8-9-10(12)15-11(13)16-14;/h14H,2-9H2,1H3;/q-1;+1. The molecule has 94 valence electrons. The molecule has 0 aromatic heterocycles. The molecule has 0 unspecified atom stereocenters. The van der Waals surface area contributed by atoms with Crippen molar-refractivity contribution in [1.82, 2.24) is 0 Å². The molecule has 17 heavy (non-hydrogen) atoms. The van der Waals surface area contributed by atoms with Crippen molar-refractivity contribution in [3.8, 4) is 0 Å². The summed E-state index contributed by atoms with van der Waals surface area (Å²) in [6.07, 6.45) is 7.88. The van der Waals surface area contributed by atoms with Crippen LogP contribution in [-0.2, 0) is 14.3 Å². The number of hydrogen-bond acceptors (Lipinski definition) is 5. The Morgan fingerprint density at radius 2 is 1.71 bits per heavy atom. The van der Waals surface area contributed by atoms with Crippen LogP contribution in [-0.4, -0.2) is 18.5 Å². The van der Waals surface area contributed by atoms with E-state index in [1.165, 1.54) is 25.7 Å². The predicted molar refractivity (Wildman–Crippen MR) is 58.2 cm³/mol. The summed E-state index contributed by atoms with van der Waals surface area (Å²) < 4.78 is 4.18. The van der Waals surface area contributed by atoms with Crippen LogP contribution in [0.1, 0.15) is 58.3 Å². The van der Waals surface area contributed by atoms with Crippen LogP contribution in [0.2, 0.25) is 0 Å². The second-order valence-electron chi connectivity index (χ2n) is 3.76. The Kier molecular flexibility index (Phi) is 16.8. The molecule has 0 amide bonds. The number of rotatable bonds is 10. The first-order valence-corrected chi connectivity index (χ1v) is 5.86. The van der Waals surface area contributed by atoms with Gasteiger partial charge in [-0.25, -0.2) is 0 Å². The maximum absolute atomic E-state index is 10.9. The average Bonchev–Trinajstić information content (AvgIpc) is 2.27. The Bertz CT molecular complexity index is 182. The molecule has 0 spiro atoms. The third-order valence-electron chi connectivity index (χ3n) is 2.30. The molecular formula is C10H20BNaO5. The molecule has 0 saturated heterocycles. The molecule has 0 saturated carbocycles. The molecule has 0 aliphatic carbocycles. The predicted octanol–water partition coefficient (Wildman–Crippen LogP) is -1.49. The van der Waals surface area contributed by atoms with Gasteiger partial charge in [0.1, 0.15) is 0 Å².